The zero-order valence-electron chi connectivity index (χ0n) is 9.52. The van der Waals surface area contributed by atoms with Crippen molar-refractivity contribution >= 4 is 15.9 Å². The molecule has 1 rings (SSSR count). The lowest BCUT2D eigenvalue weighted by atomic mass is 9.80. The summed E-state index contributed by atoms with van der Waals surface area (Å²) in [6, 6.07) is 6.68. The van der Waals surface area contributed by atoms with Crippen LogP contribution in [0.1, 0.15) is 44.7 Å². The molecule has 0 spiro atoms. The highest BCUT2D eigenvalue weighted by Crippen LogP contribution is 2.30. The molecule has 0 radical (unpaired) electrons. The van der Waals surface area contributed by atoms with Crippen molar-refractivity contribution in [2.45, 2.75) is 46.0 Å². The third-order valence-electron chi connectivity index (χ3n) is 2.81. The van der Waals surface area contributed by atoms with Crippen LogP contribution in [0.5, 0.6) is 0 Å². The van der Waals surface area contributed by atoms with E-state index < -0.39 is 0 Å². The summed E-state index contributed by atoms with van der Waals surface area (Å²) < 4.78 is 1.20. The Labute approximate surface area is 95.9 Å². The number of hydrogen-bond acceptors (Lipinski definition) is 0. The summed E-state index contributed by atoms with van der Waals surface area (Å²) in [5.41, 5.74) is 3.08. The zero-order chi connectivity index (χ0) is 10.8. The van der Waals surface area contributed by atoms with Crippen LogP contribution in [0.25, 0.3) is 0 Å². The molecule has 0 nitrogen and oxygen atoms in total. The largest absolute Gasteiger partial charge is 0.0654 e. The highest BCUT2D eigenvalue weighted by molar-refractivity contribution is 9.10. The van der Waals surface area contributed by atoms with Crippen LogP contribution >= 0.6 is 15.9 Å². The van der Waals surface area contributed by atoms with Crippen molar-refractivity contribution < 1.29 is 0 Å². The Morgan fingerprint density at radius 2 is 1.93 bits per heavy atom. The lowest BCUT2D eigenvalue weighted by Gasteiger charge is -2.25. The summed E-state index contributed by atoms with van der Waals surface area (Å²) >= 11 is 3.54. The van der Waals surface area contributed by atoms with Gasteiger partial charge in [-0.25, -0.2) is 0 Å². The summed E-state index contributed by atoms with van der Waals surface area (Å²) in [5.74, 6) is 0. The second-order valence-electron chi connectivity index (χ2n) is 4.60. The summed E-state index contributed by atoms with van der Waals surface area (Å²) in [6.45, 7) is 9.03. The molecular weight excluding hydrogens is 236 g/mol. The maximum atomic E-state index is 3.54. The van der Waals surface area contributed by atoms with E-state index in [1.165, 1.54) is 28.4 Å². The van der Waals surface area contributed by atoms with Gasteiger partial charge in [-0.1, -0.05) is 55.3 Å². The minimum atomic E-state index is 0.306. The topological polar surface area (TPSA) is 0 Å². The van der Waals surface area contributed by atoms with Gasteiger partial charge in [-0.15, -0.1) is 0 Å². The van der Waals surface area contributed by atoms with E-state index in [1.54, 1.807) is 0 Å². The Balaban J connectivity index is 3.01. The first kappa shape index (κ1) is 11.8. The average Bonchev–Trinajstić information content (AvgIpc) is 2.09. The summed E-state index contributed by atoms with van der Waals surface area (Å²) in [4.78, 5) is 0. The predicted octanol–water partition coefficient (Wildman–Crippen LogP) is 4.84. The summed E-state index contributed by atoms with van der Waals surface area (Å²) in [7, 11) is 0. The van der Waals surface area contributed by atoms with E-state index in [-0.39, 0.29) is 0 Å². The van der Waals surface area contributed by atoms with Crippen LogP contribution in [0.15, 0.2) is 22.7 Å². The first-order chi connectivity index (χ1) is 6.47. The molecule has 0 aromatic heterocycles. The van der Waals surface area contributed by atoms with Crippen LogP contribution < -0.4 is 0 Å². The van der Waals surface area contributed by atoms with Gasteiger partial charge in [0.15, 0.2) is 0 Å². The fourth-order valence-corrected chi connectivity index (χ4v) is 2.08. The van der Waals surface area contributed by atoms with Crippen molar-refractivity contribution in [2.24, 2.45) is 0 Å². The highest BCUT2D eigenvalue weighted by Gasteiger charge is 2.19. The monoisotopic (exact) mass is 254 g/mol. The van der Waals surface area contributed by atoms with Crippen molar-refractivity contribution in [1.29, 1.82) is 0 Å². The van der Waals surface area contributed by atoms with Gasteiger partial charge in [0.05, 0.1) is 0 Å². The van der Waals surface area contributed by atoms with Gasteiger partial charge in [0, 0.05) is 4.47 Å². The quantitative estimate of drug-likeness (QED) is 0.725. The molecular formula is C13H19Br. The lowest BCUT2D eigenvalue weighted by Crippen LogP contribution is -2.16. The minimum Gasteiger partial charge on any atom is -0.0654 e. The lowest BCUT2D eigenvalue weighted by molar-refractivity contribution is 0.473. The van der Waals surface area contributed by atoms with E-state index in [0.29, 0.717) is 5.41 Å². The zero-order valence-corrected chi connectivity index (χ0v) is 11.1. The molecule has 0 bridgehead atoms. The maximum Gasteiger partial charge on any atom is 0.0204 e. The molecule has 1 heteroatoms. The summed E-state index contributed by atoms with van der Waals surface area (Å²) in [6.07, 6.45) is 2.48. The van der Waals surface area contributed by atoms with Crippen LogP contribution in [0.4, 0.5) is 0 Å². The third-order valence-corrected chi connectivity index (χ3v) is 3.70. The fraction of sp³-hybridized carbons (Fsp3) is 0.538. The Morgan fingerprint density at radius 1 is 1.29 bits per heavy atom. The van der Waals surface area contributed by atoms with Gasteiger partial charge < -0.3 is 0 Å². The van der Waals surface area contributed by atoms with E-state index in [4.69, 9.17) is 0 Å². The van der Waals surface area contributed by atoms with Gasteiger partial charge in [-0.2, -0.15) is 0 Å². The number of hydrogen-bond donors (Lipinski definition) is 0. The number of rotatable bonds is 3. The van der Waals surface area contributed by atoms with Crippen molar-refractivity contribution in [2.75, 3.05) is 0 Å². The molecule has 1 aromatic carbocycles. The van der Waals surface area contributed by atoms with Crippen LogP contribution in [-0.4, -0.2) is 0 Å². The minimum absolute atomic E-state index is 0.306. The number of benzene rings is 1. The second kappa shape index (κ2) is 4.48. The van der Waals surface area contributed by atoms with Crippen LogP contribution in [-0.2, 0) is 5.41 Å². The van der Waals surface area contributed by atoms with Crippen LogP contribution in [0.3, 0.4) is 0 Å². The van der Waals surface area contributed by atoms with E-state index in [1.807, 2.05) is 0 Å². The first-order valence-corrected chi connectivity index (χ1v) is 6.03. The standard InChI is InChI=1S/C13H19Br/c1-5-8-13(3,4)11-6-7-12(14)10(2)9-11/h6-7,9H,5,8H2,1-4H3. The number of halogens is 1. The molecule has 0 unspecified atom stereocenters. The Morgan fingerprint density at radius 3 is 2.43 bits per heavy atom. The molecule has 0 N–H and O–H groups in total. The van der Waals surface area contributed by atoms with Crippen LogP contribution in [0, 0.1) is 6.92 Å². The molecule has 0 fully saturated rings. The second-order valence-corrected chi connectivity index (χ2v) is 5.45. The Bertz CT molecular complexity index is 313. The SMILES string of the molecule is CCCC(C)(C)c1ccc(Br)c(C)c1. The molecule has 0 atom stereocenters. The smallest absolute Gasteiger partial charge is 0.0204 e. The Hall–Kier alpha value is -0.300. The van der Waals surface area contributed by atoms with Crippen molar-refractivity contribution in [3.05, 3.63) is 33.8 Å². The highest BCUT2D eigenvalue weighted by atomic mass is 79.9. The van der Waals surface area contributed by atoms with E-state index >= 15 is 0 Å². The van der Waals surface area contributed by atoms with Gasteiger partial charge in [0.1, 0.15) is 0 Å². The molecule has 0 aliphatic heterocycles. The molecule has 0 saturated carbocycles. The predicted molar refractivity (Wildman–Crippen MR) is 66.8 cm³/mol. The molecule has 0 amide bonds. The normalized spacial score (nSPS) is 11.8. The molecule has 14 heavy (non-hydrogen) atoms. The van der Waals surface area contributed by atoms with E-state index in [0.717, 1.165) is 0 Å². The third kappa shape index (κ3) is 2.60. The molecule has 0 aliphatic rings. The van der Waals surface area contributed by atoms with E-state index in [2.05, 4.69) is 61.8 Å². The van der Waals surface area contributed by atoms with Crippen molar-refractivity contribution in [1.82, 2.24) is 0 Å². The maximum absolute atomic E-state index is 3.54. The van der Waals surface area contributed by atoms with E-state index in [9.17, 15) is 0 Å². The Kier molecular flexibility index (Phi) is 3.77. The first-order valence-electron chi connectivity index (χ1n) is 5.24. The average molecular weight is 255 g/mol. The molecule has 78 valence electrons. The molecule has 1 aromatic rings. The molecule has 0 aliphatic carbocycles. The van der Waals surface area contributed by atoms with Gasteiger partial charge in [0.25, 0.3) is 0 Å². The van der Waals surface area contributed by atoms with Crippen LogP contribution in [0.2, 0.25) is 0 Å². The van der Waals surface area contributed by atoms with Crippen molar-refractivity contribution in [3.63, 3.8) is 0 Å². The molecule has 0 heterocycles. The van der Waals surface area contributed by atoms with Crippen molar-refractivity contribution in [3.8, 4) is 0 Å². The van der Waals surface area contributed by atoms with Gasteiger partial charge in [-0.05, 0) is 36.0 Å². The molecule has 0 saturated heterocycles. The van der Waals surface area contributed by atoms with Gasteiger partial charge in [-0.3, -0.25) is 0 Å². The summed E-state index contributed by atoms with van der Waals surface area (Å²) in [5, 5.41) is 0. The van der Waals surface area contributed by atoms with Gasteiger partial charge >= 0.3 is 0 Å². The van der Waals surface area contributed by atoms with Gasteiger partial charge in [0.2, 0.25) is 0 Å². The fourth-order valence-electron chi connectivity index (χ4n) is 1.83. The number of aryl methyl sites for hydroxylation is 1.